The largest absolute Gasteiger partial charge is 0.396 e. The molecule has 0 aromatic rings. The van der Waals surface area contributed by atoms with Gasteiger partial charge >= 0.3 is 0 Å². The Morgan fingerprint density at radius 2 is 1.94 bits per heavy atom. The third-order valence-electron chi connectivity index (χ3n) is 4.66. The predicted molar refractivity (Wildman–Crippen MR) is 67.5 cm³/mol. The van der Waals surface area contributed by atoms with Crippen molar-refractivity contribution >= 4 is 0 Å². The van der Waals surface area contributed by atoms with Crippen LogP contribution < -0.4 is 0 Å². The zero-order valence-electron chi connectivity index (χ0n) is 11.4. The van der Waals surface area contributed by atoms with E-state index in [2.05, 4.69) is 27.7 Å². The fraction of sp³-hybridized carbons (Fsp3) is 1.00. The summed E-state index contributed by atoms with van der Waals surface area (Å²) in [5.74, 6) is 0. The molecule has 1 atom stereocenters. The van der Waals surface area contributed by atoms with E-state index < -0.39 is 0 Å². The van der Waals surface area contributed by atoms with Gasteiger partial charge in [-0.1, -0.05) is 27.7 Å². The molecule has 1 saturated heterocycles. The average molecular weight is 228 g/mol. The van der Waals surface area contributed by atoms with E-state index in [0.717, 1.165) is 19.4 Å². The summed E-state index contributed by atoms with van der Waals surface area (Å²) in [5.41, 5.74) is 0.536. The minimum atomic E-state index is 0.113. The molecule has 1 aliphatic rings. The second-order valence-electron chi connectivity index (χ2n) is 6.01. The third-order valence-corrected chi connectivity index (χ3v) is 4.66. The molecule has 1 aliphatic heterocycles. The maximum Gasteiger partial charge on any atom is 0.0627 e. The Kier molecular flexibility index (Phi) is 4.81. The Labute approximate surface area is 100 Å². The summed E-state index contributed by atoms with van der Waals surface area (Å²) in [5, 5.41) is 9.07. The number of rotatable bonds is 5. The van der Waals surface area contributed by atoms with Gasteiger partial charge in [-0.05, 0) is 42.9 Å². The zero-order valence-corrected chi connectivity index (χ0v) is 11.4. The van der Waals surface area contributed by atoms with E-state index in [-0.39, 0.29) is 12.0 Å². The summed E-state index contributed by atoms with van der Waals surface area (Å²) in [7, 11) is 0. The highest BCUT2D eigenvalue weighted by Crippen LogP contribution is 2.42. The fourth-order valence-electron chi connectivity index (χ4n) is 2.74. The van der Waals surface area contributed by atoms with Crippen molar-refractivity contribution in [1.29, 1.82) is 0 Å². The molecule has 1 unspecified atom stereocenters. The van der Waals surface area contributed by atoms with Crippen LogP contribution in [0.2, 0.25) is 0 Å². The minimum Gasteiger partial charge on any atom is -0.396 e. The summed E-state index contributed by atoms with van der Waals surface area (Å²) in [6, 6.07) is 0. The standard InChI is InChI=1S/C14H28O2/c1-5-14(6-2)8-7-12(16-11-14)13(3,4)9-10-15/h12,15H,5-11H2,1-4H3. The van der Waals surface area contributed by atoms with E-state index in [9.17, 15) is 0 Å². The molecule has 0 aliphatic carbocycles. The van der Waals surface area contributed by atoms with Crippen LogP contribution in [0.4, 0.5) is 0 Å². The molecular formula is C14H28O2. The first-order chi connectivity index (χ1) is 7.49. The van der Waals surface area contributed by atoms with Gasteiger partial charge in [0.1, 0.15) is 0 Å². The summed E-state index contributed by atoms with van der Waals surface area (Å²) >= 11 is 0. The molecule has 2 nitrogen and oxygen atoms in total. The van der Waals surface area contributed by atoms with Crippen molar-refractivity contribution in [2.45, 2.75) is 65.9 Å². The van der Waals surface area contributed by atoms with Gasteiger partial charge in [0.25, 0.3) is 0 Å². The molecule has 2 heteroatoms. The molecule has 0 radical (unpaired) electrons. The van der Waals surface area contributed by atoms with Gasteiger partial charge in [-0.3, -0.25) is 0 Å². The average Bonchev–Trinajstić information content (AvgIpc) is 2.29. The first-order valence-electron chi connectivity index (χ1n) is 6.72. The minimum absolute atomic E-state index is 0.113. The van der Waals surface area contributed by atoms with E-state index in [1.807, 2.05) is 0 Å². The lowest BCUT2D eigenvalue weighted by Gasteiger charge is -2.44. The van der Waals surface area contributed by atoms with Crippen LogP contribution in [0.3, 0.4) is 0 Å². The van der Waals surface area contributed by atoms with Crippen molar-refractivity contribution in [2.24, 2.45) is 10.8 Å². The van der Waals surface area contributed by atoms with E-state index in [1.54, 1.807) is 0 Å². The van der Waals surface area contributed by atoms with E-state index in [0.29, 0.717) is 11.5 Å². The lowest BCUT2D eigenvalue weighted by molar-refractivity contribution is -0.116. The number of hydrogen-bond acceptors (Lipinski definition) is 2. The van der Waals surface area contributed by atoms with Crippen LogP contribution in [0, 0.1) is 10.8 Å². The van der Waals surface area contributed by atoms with Gasteiger partial charge in [0.15, 0.2) is 0 Å². The molecule has 1 N–H and O–H groups in total. The molecule has 0 amide bonds. The van der Waals surface area contributed by atoms with Gasteiger partial charge in [0, 0.05) is 6.61 Å². The lowest BCUT2D eigenvalue weighted by atomic mass is 9.72. The first-order valence-corrected chi connectivity index (χ1v) is 6.72. The van der Waals surface area contributed by atoms with Crippen LogP contribution in [0.1, 0.15) is 59.8 Å². The van der Waals surface area contributed by atoms with Crippen molar-refractivity contribution in [2.75, 3.05) is 13.2 Å². The molecule has 1 fully saturated rings. The number of aliphatic hydroxyl groups is 1. The van der Waals surface area contributed by atoms with Crippen molar-refractivity contribution in [3.63, 3.8) is 0 Å². The highest BCUT2D eigenvalue weighted by atomic mass is 16.5. The number of ether oxygens (including phenoxy) is 1. The number of aliphatic hydroxyl groups excluding tert-OH is 1. The SMILES string of the molecule is CCC1(CC)CCC(C(C)(C)CCO)OC1. The Morgan fingerprint density at radius 1 is 1.31 bits per heavy atom. The Morgan fingerprint density at radius 3 is 2.31 bits per heavy atom. The normalized spacial score (nSPS) is 25.7. The highest BCUT2D eigenvalue weighted by molar-refractivity contribution is 4.88. The molecule has 0 aromatic carbocycles. The van der Waals surface area contributed by atoms with Gasteiger partial charge in [-0.15, -0.1) is 0 Å². The van der Waals surface area contributed by atoms with Gasteiger partial charge in [-0.25, -0.2) is 0 Å². The van der Waals surface area contributed by atoms with Crippen LogP contribution in [0.15, 0.2) is 0 Å². The molecule has 96 valence electrons. The summed E-state index contributed by atoms with van der Waals surface area (Å²) in [6.07, 6.45) is 6.02. The Balaban J connectivity index is 2.54. The van der Waals surface area contributed by atoms with Crippen LogP contribution in [0.25, 0.3) is 0 Å². The molecule has 0 saturated carbocycles. The van der Waals surface area contributed by atoms with Gasteiger partial charge in [0.05, 0.1) is 12.7 Å². The second kappa shape index (κ2) is 5.50. The molecular weight excluding hydrogens is 200 g/mol. The fourth-order valence-corrected chi connectivity index (χ4v) is 2.74. The Bertz CT molecular complexity index is 197. The predicted octanol–water partition coefficient (Wildman–Crippen LogP) is 3.38. The quantitative estimate of drug-likeness (QED) is 0.781. The topological polar surface area (TPSA) is 29.5 Å². The van der Waals surface area contributed by atoms with Gasteiger partial charge in [0.2, 0.25) is 0 Å². The van der Waals surface area contributed by atoms with Crippen molar-refractivity contribution in [3.05, 3.63) is 0 Å². The van der Waals surface area contributed by atoms with Crippen molar-refractivity contribution < 1.29 is 9.84 Å². The van der Waals surface area contributed by atoms with Crippen LogP contribution in [-0.2, 0) is 4.74 Å². The molecule has 0 bridgehead atoms. The second-order valence-corrected chi connectivity index (χ2v) is 6.01. The Hall–Kier alpha value is -0.0800. The summed E-state index contributed by atoms with van der Waals surface area (Å²) in [6.45, 7) is 10.1. The molecule has 16 heavy (non-hydrogen) atoms. The highest BCUT2D eigenvalue weighted by Gasteiger charge is 2.38. The maximum absolute atomic E-state index is 9.07. The van der Waals surface area contributed by atoms with Crippen LogP contribution >= 0.6 is 0 Å². The van der Waals surface area contributed by atoms with Gasteiger partial charge in [-0.2, -0.15) is 0 Å². The zero-order chi connectivity index (χ0) is 12.2. The lowest BCUT2D eigenvalue weighted by Crippen LogP contribution is -2.42. The van der Waals surface area contributed by atoms with Gasteiger partial charge < -0.3 is 9.84 Å². The van der Waals surface area contributed by atoms with Crippen molar-refractivity contribution in [1.82, 2.24) is 0 Å². The first kappa shape index (κ1) is 14.0. The molecule has 0 aromatic heterocycles. The van der Waals surface area contributed by atoms with Crippen molar-refractivity contribution in [3.8, 4) is 0 Å². The smallest absolute Gasteiger partial charge is 0.0627 e. The van der Waals surface area contributed by atoms with Crippen LogP contribution in [0.5, 0.6) is 0 Å². The number of hydrogen-bond donors (Lipinski definition) is 1. The molecule has 1 rings (SSSR count). The molecule has 1 heterocycles. The van der Waals surface area contributed by atoms with Crippen LogP contribution in [-0.4, -0.2) is 24.4 Å². The third kappa shape index (κ3) is 2.98. The van der Waals surface area contributed by atoms with E-state index in [4.69, 9.17) is 9.84 Å². The summed E-state index contributed by atoms with van der Waals surface area (Å²) < 4.78 is 6.08. The van der Waals surface area contributed by atoms with E-state index in [1.165, 1.54) is 19.3 Å². The monoisotopic (exact) mass is 228 g/mol. The molecule has 0 spiro atoms. The van der Waals surface area contributed by atoms with E-state index >= 15 is 0 Å². The maximum atomic E-state index is 9.07. The summed E-state index contributed by atoms with van der Waals surface area (Å²) in [4.78, 5) is 0.